The highest BCUT2D eigenvalue weighted by atomic mass is 16.5. The van der Waals surface area contributed by atoms with Gasteiger partial charge in [0.25, 0.3) is 0 Å². The maximum absolute atomic E-state index is 5.62. The molecule has 0 aliphatic heterocycles. The first-order valence-electron chi connectivity index (χ1n) is 7.46. The third-order valence-corrected chi connectivity index (χ3v) is 4.15. The van der Waals surface area contributed by atoms with Gasteiger partial charge in [-0.05, 0) is 64.2 Å². The molecule has 1 atom stereocenters. The lowest BCUT2D eigenvalue weighted by Gasteiger charge is -2.38. The minimum atomic E-state index is 0.424. The highest BCUT2D eigenvalue weighted by Gasteiger charge is 2.30. The molecular weight excluding hydrogens is 234 g/mol. The molecule has 1 unspecified atom stereocenters. The molecule has 2 heteroatoms. The van der Waals surface area contributed by atoms with E-state index in [-0.39, 0.29) is 0 Å². The molecule has 1 aliphatic rings. The summed E-state index contributed by atoms with van der Waals surface area (Å²) in [5.74, 6) is 0. The van der Waals surface area contributed by atoms with Crippen LogP contribution in [0.2, 0.25) is 0 Å². The van der Waals surface area contributed by atoms with Gasteiger partial charge in [0.1, 0.15) is 0 Å². The summed E-state index contributed by atoms with van der Waals surface area (Å²) in [7, 11) is 0. The van der Waals surface area contributed by atoms with Gasteiger partial charge in [-0.1, -0.05) is 17.7 Å². The van der Waals surface area contributed by atoms with Crippen molar-refractivity contribution < 1.29 is 4.74 Å². The molecule has 0 amide bonds. The summed E-state index contributed by atoms with van der Waals surface area (Å²) in [6.07, 6.45) is 2.79. The van der Waals surface area contributed by atoms with Crippen LogP contribution in [0, 0.1) is 20.8 Å². The van der Waals surface area contributed by atoms with E-state index in [0.717, 1.165) is 19.4 Å². The number of hydrogen-bond donors (Lipinski definition) is 1. The van der Waals surface area contributed by atoms with Gasteiger partial charge < -0.3 is 10.1 Å². The van der Waals surface area contributed by atoms with Crippen LogP contribution >= 0.6 is 0 Å². The van der Waals surface area contributed by atoms with Gasteiger partial charge in [-0.3, -0.25) is 0 Å². The molecule has 1 fully saturated rings. The summed E-state index contributed by atoms with van der Waals surface area (Å²) in [5.41, 5.74) is 5.62. The highest BCUT2D eigenvalue weighted by molar-refractivity contribution is 5.39. The molecule has 1 aromatic carbocycles. The standard InChI is InChI=1S/C17H27NO/c1-6-19-16-9-15(10-16)18-14(5)17-12(3)7-11(2)8-13(17)4/h7-8,14-16,18H,6,9-10H2,1-5H3. The van der Waals surface area contributed by atoms with Crippen LogP contribution in [-0.4, -0.2) is 18.8 Å². The number of ether oxygens (including phenoxy) is 1. The Morgan fingerprint density at radius 3 is 2.32 bits per heavy atom. The molecule has 19 heavy (non-hydrogen) atoms. The van der Waals surface area contributed by atoms with Gasteiger partial charge in [0.05, 0.1) is 6.10 Å². The summed E-state index contributed by atoms with van der Waals surface area (Å²) >= 11 is 0. The van der Waals surface area contributed by atoms with Crippen LogP contribution in [0.4, 0.5) is 0 Å². The molecule has 106 valence electrons. The van der Waals surface area contributed by atoms with Gasteiger partial charge in [0, 0.05) is 18.7 Å². The number of nitrogens with one attached hydrogen (secondary N) is 1. The highest BCUT2D eigenvalue weighted by Crippen LogP contribution is 2.29. The van der Waals surface area contributed by atoms with Crippen molar-refractivity contribution in [3.05, 3.63) is 34.4 Å². The van der Waals surface area contributed by atoms with Gasteiger partial charge in [-0.2, -0.15) is 0 Å². The Hall–Kier alpha value is -0.860. The largest absolute Gasteiger partial charge is 0.378 e. The Labute approximate surface area is 117 Å². The van der Waals surface area contributed by atoms with Crippen molar-refractivity contribution in [2.24, 2.45) is 0 Å². The zero-order chi connectivity index (χ0) is 14.0. The van der Waals surface area contributed by atoms with Crippen molar-refractivity contribution in [1.82, 2.24) is 5.32 Å². The van der Waals surface area contributed by atoms with Crippen LogP contribution in [0.1, 0.15) is 55.0 Å². The molecule has 0 aromatic heterocycles. The van der Waals surface area contributed by atoms with Crippen LogP contribution in [0.3, 0.4) is 0 Å². The van der Waals surface area contributed by atoms with E-state index in [0.29, 0.717) is 18.2 Å². The minimum absolute atomic E-state index is 0.424. The lowest BCUT2D eigenvalue weighted by molar-refractivity contribution is -0.0120. The van der Waals surface area contributed by atoms with E-state index >= 15 is 0 Å². The van der Waals surface area contributed by atoms with E-state index in [1.807, 2.05) is 0 Å². The predicted octanol–water partition coefficient (Wildman–Crippen LogP) is 3.83. The van der Waals surface area contributed by atoms with Crippen molar-refractivity contribution in [1.29, 1.82) is 0 Å². The second-order valence-electron chi connectivity index (χ2n) is 5.95. The Bertz CT molecular complexity index is 412. The molecule has 1 aromatic rings. The Morgan fingerprint density at radius 1 is 1.21 bits per heavy atom. The fourth-order valence-electron chi connectivity index (χ4n) is 3.38. The fraction of sp³-hybridized carbons (Fsp3) is 0.647. The van der Waals surface area contributed by atoms with E-state index < -0.39 is 0 Å². The van der Waals surface area contributed by atoms with Crippen molar-refractivity contribution in [3.8, 4) is 0 Å². The molecule has 0 bridgehead atoms. The SMILES string of the molecule is CCOC1CC(NC(C)c2c(C)cc(C)cc2C)C1. The van der Waals surface area contributed by atoms with Crippen molar-refractivity contribution >= 4 is 0 Å². The topological polar surface area (TPSA) is 21.3 Å². The van der Waals surface area contributed by atoms with Gasteiger partial charge >= 0.3 is 0 Å². The maximum Gasteiger partial charge on any atom is 0.0604 e. The number of aryl methyl sites for hydroxylation is 3. The van der Waals surface area contributed by atoms with Crippen LogP contribution in [0.15, 0.2) is 12.1 Å². The molecule has 0 spiro atoms. The Balaban J connectivity index is 1.96. The average molecular weight is 261 g/mol. The molecule has 0 heterocycles. The first kappa shape index (κ1) is 14.5. The van der Waals surface area contributed by atoms with Crippen molar-refractivity contribution in [3.63, 3.8) is 0 Å². The molecular formula is C17H27NO. The van der Waals surface area contributed by atoms with Gasteiger partial charge in [-0.15, -0.1) is 0 Å². The normalized spacial score (nSPS) is 24.1. The summed E-state index contributed by atoms with van der Waals surface area (Å²) in [5, 5.41) is 3.74. The van der Waals surface area contributed by atoms with Crippen LogP contribution < -0.4 is 5.32 Å². The second kappa shape index (κ2) is 6.06. The molecule has 0 saturated heterocycles. The van der Waals surface area contributed by atoms with Crippen LogP contribution in [0.5, 0.6) is 0 Å². The maximum atomic E-state index is 5.62. The number of hydrogen-bond acceptors (Lipinski definition) is 2. The smallest absolute Gasteiger partial charge is 0.0604 e. The zero-order valence-corrected chi connectivity index (χ0v) is 12.9. The zero-order valence-electron chi connectivity index (χ0n) is 12.9. The molecule has 1 saturated carbocycles. The van der Waals surface area contributed by atoms with Crippen LogP contribution in [-0.2, 0) is 4.74 Å². The minimum Gasteiger partial charge on any atom is -0.378 e. The average Bonchev–Trinajstić information content (AvgIpc) is 2.24. The van der Waals surface area contributed by atoms with E-state index in [2.05, 4.69) is 52.1 Å². The van der Waals surface area contributed by atoms with Crippen molar-refractivity contribution in [2.45, 2.75) is 65.6 Å². The summed E-state index contributed by atoms with van der Waals surface area (Å²) in [6.45, 7) is 11.8. The van der Waals surface area contributed by atoms with E-state index in [1.54, 1.807) is 0 Å². The van der Waals surface area contributed by atoms with Crippen LogP contribution in [0.25, 0.3) is 0 Å². The van der Waals surface area contributed by atoms with E-state index in [4.69, 9.17) is 4.74 Å². The third kappa shape index (κ3) is 3.37. The molecule has 2 nitrogen and oxygen atoms in total. The fourth-order valence-corrected chi connectivity index (χ4v) is 3.38. The number of benzene rings is 1. The van der Waals surface area contributed by atoms with E-state index in [1.165, 1.54) is 22.3 Å². The lowest BCUT2D eigenvalue weighted by atomic mass is 9.87. The summed E-state index contributed by atoms with van der Waals surface area (Å²) in [6, 6.07) is 5.61. The first-order chi connectivity index (χ1) is 9.01. The number of rotatable bonds is 5. The Kier molecular flexibility index (Phi) is 4.64. The van der Waals surface area contributed by atoms with Gasteiger partial charge in [0.2, 0.25) is 0 Å². The van der Waals surface area contributed by atoms with Gasteiger partial charge in [0.15, 0.2) is 0 Å². The predicted molar refractivity (Wildman–Crippen MR) is 80.6 cm³/mol. The summed E-state index contributed by atoms with van der Waals surface area (Å²) in [4.78, 5) is 0. The molecule has 0 radical (unpaired) electrons. The van der Waals surface area contributed by atoms with Crippen molar-refractivity contribution in [2.75, 3.05) is 6.61 Å². The third-order valence-electron chi connectivity index (χ3n) is 4.15. The molecule has 1 aliphatic carbocycles. The first-order valence-corrected chi connectivity index (χ1v) is 7.46. The Morgan fingerprint density at radius 2 is 1.79 bits per heavy atom. The second-order valence-corrected chi connectivity index (χ2v) is 5.95. The summed E-state index contributed by atoms with van der Waals surface area (Å²) < 4.78 is 5.62. The monoisotopic (exact) mass is 261 g/mol. The van der Waals surface area contributed by atoms with Gasteiger partial charge in [-0.25, -0.2) is 0 Å². The molecule has 2 rings (SSSR count). The quantitative estimate of drug-likeness (QED) is 0.869. The molecule has 1 N–H and O–H groups in total. The van der Waals surface area contributed by atoms with E-state index in [9.17, 15) is 0 Å². The lowest BCUT2D eigenvalue weighted by Crippen LogP contribution is -2.46.